The average Bonchev–Trinajstić information content (AvgIpc) is 2.62. The number of nitrogens with one attached hydrogen (secondary N) is 1. The fourth-order valence-corrected chi connectivity index (χ4v) is 2.89. The van der Waals surface area contributed by atoms with Crippen LogP contribution in [0.25, 0.3) is 0 Å². The average molecular weight is 367 g/mol. The van der Waals surface area contributed by atoms with Crippen molar-refractivity contribution in [2.24, 2.45) is 0 Å². The number of anilines is 1. The maximum Gasteiger partial charge on any atom is 0.417 e. The van der Waals surface area contributed by atoms with Gasteiger partial charge in [-0.25, -0.2) is 9.37 Å². The first-order chi connectivity index (χ1) is 12.3. The van der Waals surface area contributed by atoms with E-state index in [1.54, 1.807) is 6.07 Å². The van der Waals surface area contributed by atoms with Crippen LogP contribution in [-0.2, 0) is 6.18 Å². The van der Waals surface area contributed by atoms with Gasteiger partial charge in [0, 0.05) is 30.9 Å². The lowest BCUT2D eigenvalue weighted by molar-refractivity contribution is -0.137. The normalized spacial score (nSPS) is 15.8. The molecule has 0 radical (unpaired) electrons. The van der Waals surface area contributed by atoms with Gasteiger partial charge >= 0.3 is 6.18 Å². The van der Waals surface area contributed by atoms with Gasteiger partial charge in [-0.05, 0) is 43.2 Å². The molecule has 2 aromatic rings. The number of aromatic nitrogens is 1. The zero-order chi connectivity index (χ0) is 18.7. The molecule has 138 valence electrons. The van der Waals surface area contributed by atoms with E-state index in [4.69, 9.17) is 0 Å². The predicted octanol–water partition coefficient (Wildman–Crippen LogP) is 3.64. The van der Waals surface area contributed by atoms with Crippen molar-refractivity contribution in [2.45, 2.75) is 25.1 Å². The summed E-state index contributed by atoms with van der Waals surface area (Å²) >= 11 is 0. The molecule has 1 amide bonds. The molecule has 1 N–H and O–H groups in total. The minimum absolute atomic E-state index is 0.0727. The third-order valence-electron chi connectivity index (χ3n) is 4.32. The molecule has 3 rings (SSSR count). The molecule has 8 heteroatoms. The van der Waals surface area contributed by atoms with Crippen molar-refractivity contribution in [3.05, 3.63) is 59.5 Å². The molecule has 0 aliphatic carbocycles. The van der Waals surface area contributed by atoms with E-state index in [0.717, 1.165) is 12.3 Å². The van der Waals surface area contributed by atoms with Gasteiger partial charge in [0.15, 0.2) is 0 Å². The summed E-state index contributed by atoms with van der Waals surface area (Å²) in [7, 11) is 0. The Morgan fingerprint density at radius 2 is 1.88 bits per heavy atom. The number of nitrogens with zero attached hydrogens (tertiary/aromatic N) is 2. The Balaban J connectivity index is 1.55. The van der Waals surface area contributed by atoms with E-state index in [1.165, 1.54) is 24.3 Å². The van der Waals surface area contributed by atoms with Crippen LogP contribution in [-0.4, -0.2) is 30.0 Å². The van der Waals surface area contributed by atoms with Crippen LogP contribution in [0.15, 0.2) is 42.6 Å². The van der Waals surface area contributed by atoms with E-state index in [9.17, 15) is 22.4 Å². The second-order valence-corrected chi connectivity index (χ2v) is 6.15. The summed E-state index contributed by atoms with van der Waals surface area (Å²) < 4.78 is 50.9. The van der Waals surface area contributed by atoms with Crippen LogP contribution in [0.5, 0.6) is 0 Å². The second-order valence-electron chi connectivity index (χ2n) is 6.15. The summed E-state index contributed by atoms with van der Waals surface area (Å²) in [6.07, 6.45) is -2.32. The number of halogens is 4. The molecule has 0 saturated carbocycles. The highest BCUT2D eigenvalue weighted by atomic mass is 19.4. The second kappa shape index (κ2) is 7.31. The van der Waals surface area contributed by atoms with Crippen LogP contribution in [0, 0.1) is 5.82 Å². The highest BCUT2D eigenvalue weighted by molar-refractivity contribution is 5.94. The highest BCUT2D eigenvalue weighted by Gasteiger charge is 2.31. The van der Waals surface area contributed by atoms with E-state index < -0.39 is 17.6 Å². The summed E-state index contributed by atoms with van der Waals surface area (Å²) in [5, 5.41) is 2.86. The first-order valence-electron chi connectivity index (χ1n) is 8.17. The van der Waals surface area contributed by atoms with Crippen molar-refractivity contribution < 1.29 is 22.4 Å². The lowest BCUT2D eigenvalue weighted by Crippen LogP contribution is -2.45. The zero-order valence-electron chi connectivity index (χ0n) is 13.8. The van der Waals surface area contributed by atoms with Crippen molar-refractivity contribution in [2.75, 3.05) is 18.0 Å². The van der Waals surface area contributed by atoms with Crippen molar-refractivity contribution in [3.63, 3.8) is 0 Å². The molecular formula is C18H17F4N3O. The minimum atomic E-state index is -4.40. The van der Waals surface area contributed by atoms with Crippen LogP contribution >= 0.6 is 0 Å². The summed E-state index contributed by atoms with van der Waals surface area (Å²) in [6, 6.07) is 7.76. The summed E-state index contributed by atoms with van der Waals surface area (Å²) in [5.74, 6) is -0.329. The number of benzene rings is 1. The molecule has 0 spiro atoms. The highest BCUT2D eigenvalue weighted by Crippen LogP contribution is 2.29. The van der Waals surface area contributed by atoms with Gasteiger partial charge in [0.1, 0.15) is 11.6 Å². The molecule has 2 heterocycles. The Hall–Kier alpha value is -2.64. The standard InChI is InChI=1S/C18H17F4N3O/c19-14-3-1-2-12(10-14)17(26)24-15-6-8-25(9-7-15)16-5-4-13(11-23-16)18(20,21)22/h1-5,10-11,15H,6-9H2,(H,24,26). The number of hydrogen-bond acceptors (Lipinski definition) is 3. The van der Waals surface area contributed by atoms with Crippen LogP contribution in [0.2, 0.25) is 0 Å². The lowest BCUT2D eigenvalue weighted by atomic mass is 10.0. The smallest absolute Gasteiger partial charge is 0.356 e. The molecule has 26 heavy (non-hydrogen) atoms. The number of pyridine rings is 1. The van der Waals surface area contributed by atoms with Crippen molar-refractivity contribution in [1.82, 2.24) is 10.3 Å². The molecule has 1 aliphatic heterocycles. The Morgan fingerprint density at radius 3 is 2.46 bits per heavy atom. The van der Waals surface area contributed by atoms with Gasteiger partial charge in [-0.3, -0.25) is 4.79 Å². The summed E-state index contributed by atoms with van der Waals surface area (Å²) in [4.78, 5) is 17.9. The third-order valence-corrected chi connectivity index (χ3v) is 4.32. The van der Waals surface area contributed by atoms with Gasteiger partial charge in [-0.1, -0.05) is 6.07 Å². The Kier molecular flexibility index (Phi) is 5.11. The van der Waals surface area contributed by atoms with Crippen molar-refractivity contribution in [3.8, 4) is 0 Å². The van der Waals surface area contributed by atoms with Crippen LogP contribution in [0.3, 0.4) is 0 Å². The molecule has 1 saturated heterocycles. The Morgan fingerprint density at radius 1 is 1.15 bits per heavy atom. The fourth-order valence-electron chi connectivity index (χ4n) is 2.89. The molecule has 0 unspecified atom stereocenters. The van der Waals surface area contributed by atoms with Gasteiger partial charge in [-0.15, -0.1) is 0 Å². The van der Waals surface area contributed by atoms with E-state index in [2.05, 4.69) is 10.3 Å². The van der Waals surface area contributed by atoms with Gasteiger partial charge in [0.2, 0.25) is 0 Å². The Bertz CT molecular complexity index is 769. The number of amides is 1. The number of piperidine rings is 1. The maximum atomic E-state index is 13.2. The van der Waals surface area contributed by atoms with Crippen LogP contribution < -0.4 is 10.2 Å². The summed E-state index contributed by atoms with van der Waals surface area (Å²) in [5.41, 5.74) is -0.518. The molecule has 1 aromatic carbocycles. The lowest BCUT2D eigenvalue weighted by Gasteiger charge is -2.33. The first-order valence-corrected chi connectivity index (χ1v) is 8.17. The largest absolute Gasteiger partial charge is 0.417 e. The first kappa shape index (κ1) is 18.2. The van der Waals surface area contributed by atoms with Gasteiger partial charge < -0.3 is 10.2 Å². The van der Waals surface area contributed by atoms with Crippen molar-refractivity contribution in [1.29, 1.82) is 0 Å². The molecule has 4 nitrogen and oxygen atoms in total. The SMILES string of the molecule is O=C(NC1CCN(c2ccc(C(F)(F)F)cn2)CC1)c1cccc(F)c1. The molecule has 0 atom stereocenters. The Labute approximate surface area is 147 Å². The van der Waals surface area contributed by atoms with E-state index in [1.807, 2.05) is 4.90 Å². The molecular weight excluding hydrogens is 350 g/mol. The van der Waals surface area contributed by atoms with Crippen molar-refractivity contribution >= 4 is 11.7 Å². The number of carbonyl (C=O) groups excluding carboxylic acids is 1. The zero-order valence-corrected chi connectivity index (χ0v) is 13.8. The van der Waals surface area contributed by atoms with Gasteiger partial charge in [0.25, 0.3) is 5.91 Å². The van der Waals surface area contributed by atoms with Crippen LogP contribution in [0.1, 0.15) is 28.8 Å². The predicted molar refractivity (Wildman–Crippen MR) is 88.3 cm³/mol. The van der Waals surface area contributed by atoms with E-state index >= 15 is 0 Å². The van der Waals surface area contributed by atoms with E-state index in [0.29, 0.717) is 31.7 Å². The summed E-state index contributed by atoms with van der Waals surface area (Å²) in [6.45, 7) is 1.12. The maximum absolute atomic E-state index is 13.2. The van der Waals surface area contributed by atoms with Gasteiger partial charge in [0.05, 0.1) is 5.56 Å². The third kappa shape index (κ3) is 4.30. The van der Waals surface area contributed by atoms with E-state index in [-0.39, 0.29) is 17.5 Å². The number of alkyl halides is 3. The molecule has 1 aliphatic rings. The van der Waals surface area contributed by atoms with Gasteiger partial charge in [-0.2, -0.15) is 13.2 Å². The quantitative estimate of drug-likeness (QED) is 0.843. The molecule has 1 fully saturated rings. The minimum Gasteiger partial charge on any atom is -0.356 e. The number of carbonyl (C=O) groups is 1. The fraction of sp³-hybridized carbons (Fsp3) is 0.333. The number of hydrogen-bond donors (Lipinski definition) is 1. The monoisotopic (exact) mass is 367 g/mol. The molecule has 1 aromatic heterocycles. The molecule has 0 bridgehead atoms. The van der Waals surface area contributed by atoms with Crippen LogP contribution in [0.4, 0.5) is 23.4 Å². The topological polar surface area (TPSA) is 45.2 Å². The number of rotatable bonds is 3.